The van der Waals surface area contributed by atoms with Gasteiger partial charge in [-0.05, 0) is 29.3 Å². The van der Waals surface area contributed by atoms with Gasteiger partial charge >= 0.3 is 0 Å². The quantitative estimate of drug-likeness (QED) is 0.525. The summed E-state index contributed by atoms with van der Waals surface area (Å²) < 4.78 is 0. The number of amides is 2. The van der Waals surface area contributed by atoms with Gasteiger partial charge in [-0.2, -0.15) is 0 Å². The molecule has 2 amide bonds. The fraction of sp³-hybridized carbons (Fsp3) is 0.100. The molecule has 6 heteroatoms. The minimum absolute atomic E-state index is 0.155. The van der Waals surface area contributed by atoms with Crippen molar-refractivity contribution in [3.05, 3.63) is 73.1 Å². The molecule has 1 atom stereocenters. The smallest absolute Gasteiger partial charge is 0.247 e. The van der Waals surface area contributed by atoms with Crippen LogP contribution in [0.15, 0.2) is 78.2 Å². The zero-order valence-corrected chi connectivity index (χ0v) is 14.6. The lowest BCUT2D eigenvalue weighted by Crippen LogP contribution is -2.31. The molecule has 4 rings (SSSR count). The summed E-state index contributed by atoms with van der Waals surface area (Å²) in [5.41, 5.74) is 2.72. The van der Waals surface area contributed by atoms with Crippen LogP contribution in [-0.2, 0) is 9.59 Å². The maximum Gasteiger partial charge on any atom is 0.247 e. The molecule has 5 nitrogen and oxygen atoms in total. The summed E-state index contributed by atoms with van der Waals surface area (Å²) in [4.78, 5) is 34.6. The van der Waals surface area contributed by atoms with E-state index in [0.717, 1.165) is 11.1 Å². The van der Waals surface area contributed by atoms with Crippen LogP contribution in [-0.4, -0.2) is 27.0 Å². The summed E-state index contributed by atoms with van der Waals surface area (Å²) in [5, 5.41) is 0.0126. The lowest BCUT2D eigenvalue weighted by Gasteiger charge is -2.15. The maximum atomic E-state index is 12.7. The van der Waals surface area contributed by atoms with Gasteiger partial charge in [-0.1, -0.05) is 54.2 Å². The Hall–Kier alpha value is -2.99. The molecule has 128 valence electrons. The molecular formula is C20H15N3O2S. The normalized spacial score (nSPS) is 16.9. The van der Waals surface area contributed by atoms with Crippen molar-refractivity contribution < 1.29 is 9.59 Å². The lowest BCUT2D eigenvalue weighted by molar-refractivity contribution is -0.121. The molecule has 0 N–H and O–H groups in total. The van der Waals surface area contributed by atoms with Crippen molar-refractivity contribution in [1.29, 1.82) is 0 Å². The number of anilines is 1. The Balaban J connectivity index is 1.54. The number of thioether (sulfide) groups is 1. The highest BCUT2D eigenvalue weighted by molar-refractivity contribution is 8.00. The number of aromatic nitrogens is 2. The van der Waals surface area contributed by atoms with Crippen LogP contribution in [0.5, 0.6) is 0 Å². The molecule has 2 heterocycles. The Labute approximate surface area is 155 Å². The number of rotatable bonds is 4. The SMILES string of the molecule is O=C1C[C@@H](Sc2ncccn2)C(=O)N1c1ccc(-c2ccccc2)cc1. The number of carbonyl (C=O) groups is 2. The van der Waals surface area contributed by atoms with E-state index >= 15 is 0 Å². The third-order valence-corrected chi connectivity index (χ3v) is 5.20. The summed E-state index contributed by atoms with van der Waals surface area (Å²) in [6, 6.07) is 19.1. The monoisotopic (exact) mass is 361 g/mol. The average Bonchev–Trinajstić information content (AvgIpc) is 2.97. The van der Waals surface area contributed by atoms with E-state index in [1.54, 1.807) is 18.5 Å². The largest absolute Gasteiger partial charge is 0.274 e. The molecule has 0 saturated carbocycles. The molecule has 1 aliphatic heterocycles. The van der Waals surface area contributed by atoms with Crippen molar-refractivity contribution in [2.75, 3.05) is 4.90 Å². The van der Waals surface area contributed by atoms with Crippen LogP contribution in [0, 0.1) is 0 Å². The molecule has 1 aliphatic rings. The van der Waals surface area contributed by atoms with Crippen molar-refractivity contribution in [2.45, 2.75) is 16.8 Å². The summed E-state index contributed by atoms with van der Waals surface area (Å²) in [7, 11) is 0. The van der Waals surface area contributed by atoms with Crippen molar-refractivity contribution >= 4 is 29.3 Å². The zero-order chi connectivity index (χ0) is 17.9. The second kappa shape index (κ2) is 7.09. The molecule has 1 fully saturated rings. The van der Waals surface area contributed by atoms with Crippen molar-refractivity contribution in [2.24, 2.45) is 0 Å². The number of hydrogen-bond acceptors (Lipinski definition) is 5. The zero-order valence-electron chi connectivity index (χ0n) is 13.8. The van der Waals surface area contributed by atoms with Gasteiger partial charge in [0.1, 0.15) is 5.25 Å². The fourth-order valence-corrected chi connectivity index (χ4v) is 3.80. The Kier molecular flexibility index (Phi) is 4.50. The van der Waals surface area contributed by atoms with E-state index in [1.807, 2.05) is 54.6 Å². The van der Waals surface area contributed by atoms with Gasteiger partial charge in [0.2, 0.25) is 11.8 Å². The number of carbonyl (C=O) groups excluding carboxylic acids is 2. The first-order valence-corrected chi connectivity index (χ1v) is 9.06. The summed E-state index contributed by atoms with van der Waals surface area (Å²) in [6.07, 6.45) is 3.40. The molecule has 0 unspecified atom stereocenters. The van der Waals surface area contributed by atoms with Gasteiger partial charge in [0, 0.05) is 18.8 Å². The predicted molar refractivity (Wildman–Crippen MR) is 101 cm³/mol. The molecule has 1 aromatic heterocycles. The molecule has 26 heavy (non-hydrogen) atoms. The molecule has 0 aliphatic carbocycles. The van der Waals surface area contributed by atoms with E-state index in [0.29, 0.717) is 10.8 Å². The summed E-state index contributed by atoms with van der Waals surface area (Å²) in [5.74, 6) is -0.421. The molecule has 3 aromatic rings. The van der Waals surface area contributed by atoms with Gasteiger partial charge < -0.3 is 0 Å². The van der Waals surface area contributed by atoms with Crippen LogP contribution in [0.25, 0.3) is 11.1 Å². The third-order valence-electron chi connectivity index (χ3n) is 4.13. The topological polar surface area (TPSA) is 63.2 Å². The number of hydrogen-bond donors (Lipinski definition) is 0. The van der Waals surface area contributed by atoms with E-state index in [-0.39, 0.29) is 18.2 Å². The molecule has 2 aromatic carbocycles. The number of imide groups is 1. The number of benzene rings is 2. The van der Waals surface area contributed by atoms with Gasteiger partial charge in [-0.25, -0.2) is 14.9 Å². The van der Waals surface area contributed by atoms with Crippen LogP contribution in [0.3, 0.4) is 0 Å². The summed E-state index contributed by atoms with van der Waals surface area (Å²) in [6.45, 7) is 0. The highest BCUT2D eigenvalue weighted by Gasteiger charge is 2.40. The Morgan fingerprint density at radius 1 is 0.846 bits per heavy atom. The van der Waals surface area contributed by atoms with Gasteiger partial charge in [0.15, 0.2) is 5.16 Å². The van der Waals surface area contributed by atoms with Crippen molar-refractivity contribution in [3.63, 3.8) is 0 Å². The summed E-state index contributed by atoms with van der Waals surface area (Å²) >= 11 is 1.23. The minimum atomic E-state index is -0.487. The molecular weight excluding hydrogens is 346 g/mol. The Morgan fingerprint density at radius 3 is 2.19 bits per heavy atom. The van der Waals surface area contributed by atoms with Gasteiger partial charge in [-0.15, -0.1) is 0 Å². The second-order valence-electron chi connectivity index (χ2n) is 5.82. The van der Waals surface area contributed by atoms with E-state index in [1.165, 1.54) is 16.7 Å². The molecule has 1 saturated heterocycles. The number of nitrogens with zero attached hydrogens (tertiary/aromatic N) is 3. The van der Waals surface area contributed by atoms with E-state index in [2.05, 4.69) is 9.97 Å². The van der Waals surface area contributed by atoms with Crippen LogP contribution in [0.1, 0.15) is 6.42 Å². The van der Waals surface area contributed by atoms with E-state index in [9.17, 15) is 9.59 Å². The van der Waals surface area contributed by atoms with Gasteiger partial charge in [-0.3, -0.25) is 9.59 Å². The Morgan fingerprint density at radius 2 is 1.50 bits per heavy atom. The minimum Gasteiger partial charge on any atom is -0.274 e. The predicted octanol–water partition coefficient (Wildman–Crippen LogP) is 3.57. The highest BCUT2D eigenvalue weighted by atomic mass is 32.2. The third kappa shape index (κ3) is 3.23. The first-order chi connectivity index (χ1) is 12.7. The van der Waals surface area contributed by atoms with Crippen LogP contribution < -0.4 is 4.90 Å². The highest BCUT2D eigenvalue weighted by Crippen LogP contribution is 2.33. The van der Waals surface area contributed by atoms with E-state index < -0.39 is 5.25 Å². The van der Waals surface area contributed by atoms with Crippen LogP contribution in [0.4, 0.5) is 5.69 Å². The van der Waals surface area contributed by atoms with Gasteiger partial charge in [0.05, 0.1) is 5.69 Å². The van der Waals surface area contributed by atoms with Gasteiger partial charge in [0.25, 0.3) is 0 Å². The van der Waals surface area contributed by atoms with Crippen molar-refractivity contribution in [1.82, 2.24) is 9.97 Å². The lowest BCUT2D eigenvalue weighted by atomic mass is 10.1. The average molecular weight is 361 g/mol. The first-order valence-electron chi connectivity index (χ1n) is 8.18. The Bertz CT molecular complexity index is 930. The van der Waals surface area contributed by atoms with E-state index in [4.69, 9.17) is 0 Å². The second-order valence-corrected chi connectivity index (χ2v) is 6.99. The molecule has 0 spiro atoms. The standard InChI is InChI=1S/C20H15N3O2S/c24-18-13-17(26-20-21-11-4-12-22-20)19(25)23(18)16-9-7-15(8-10-16)14-5-2-1-3-6-14/h1-12,17H,13H2/t17-/m1/s1. The van der Waals surface area contributed by atoms with Crippen LogP contribution in [0.2, 0.25) is 0 Å². The van der Waals surface area contributed by atoms with Crippen molar-refractivity contribution in [3.8, 4) is 11.1 Å². The first kappa shape index (κ1) is 16.5. The molecule has 0 radical (unpaired) electrons. The maximum absolute atomic E-state index is 12.7. The molecule has 0 bridgehead atoms. The van der Waals surface area contributed by atoms with Crippen LogP contribution >= 0.6 is 11.8 Å². The fourth-order valence-electron chi connectivity index (χ4n) is 2.87.